The molecular weight excluding hydrogens is 290 g/mol. The van der Waals surface area contributed by atoms with E-state index in [0.29, 0.717) is 18.8 Å². The van der Waals surface area contributed by atoms with Crippen LogP contribution in [-0.4, -0.2) is 34.0 Å². The van der Waals surface area contributed by atoms with Gasteiger partial charge in [-0.15, -0.1) is 0 Å². The maximum Gasteiger partial charge on any atom is 0.326 e. The standard InChI is InChI=1S/C19H25NO3/c21-18(12-5-4-9-14-7-2-1-3-8-14)20-16-11-6-10-15(16)13-17(20)19(22)23/h1-3,7-8,15-17H,4-6,9-13H2,(H,22,23)/t15-,16-,17-/m0/s1. The molecule has 1 saturated carbocycles. The van der Waals surface area contributed by atoms with Gasteiger partial charge in [0.05, 0.1) is 0 Å². The van der Waals surface area contributed by atoms with E-state index in [2.05, 4.69) is 12.1 Å². The van der Waals surface area contributed by atoms with Crippen LogP contribution < -0.4 is 0 Å². The topological polar surface area (TPSA) is 57.6 Å². The van der Waals surface area contributed by atoms with Crippen LogP contribution in [0.25, 0.3) is 0 Å². The van der Waals surface area contributed by atoms with E-state index in [-0.39, 0.29) is 11.9 Å². The maximum atomic E-state index is 12.6. The second-order valence-electron chi connectivity index (χ2n) is 6.84. The van der Waals surface area contributed by atoms with Gasteiger partial charge in [0.15, 0.2) is 0 Å². The molecule has 1 aromatic rings. The maximum absolute atomic E-state index is 12.6. The summed E-state index contributed by atoms with van der Waals surface area (Å²) in [7, 11) is 0. The van der Waals surface area contributed by atoms with E-state index in [1.165, 1.54) is 5.56 Å². The molecule has 1 aliphatic heterocycles. The zero-order valence-electron chi connectivity index (χ0n) is 13.5. The van der Waals surface area contributed by atoms with Gasteiger partial charge in [0.2, 0.25) is 5.91 Å². The van der Waals surface area contributed by atoms with Crippen molar-refractivity contribution in [2.75, 3.05) is 0 Å². The largest absolute Gasteiger partial charge is 0.480 e. The number of aryl methyl sites for hydroxylation is 1. The Labute approximate surface area is 137 Å². The van der Waals surface area contributed by atoms with Gasteiger partial charge in [-0.05, 0) is 50.0 Å². The van der Waals surface area contributed by atoms with Crippen LogP contribution in [0.5, 0.6) is 0 Å². The van der Waals surface area contributed by atoms with Crippen LogP contribution in [-0.2, 0) is 16.0 Å². The number of hydrogen-bond donors (Lipinski definition) is 1. The zero-order chi connectivity index (χ0) is 16.2. The SMILES string of the molecule is O=C(O)[C@@H]1C[C@@H]2CCC[C@@H]2N1C(=O)CCCCc1ccccc1. The van der Waals surface area contributed by atoms with Crippen LogP contribution in [0.3, 0.4) is 0 Å². The first-order chi connectivity index (χ1) is 11.2. The van der Waals surface area contributed by atoms with Gasteiger partial charge >= 0.3 is 5.97 Å². The van der Waals surface area contributed by atoms with Gasteiger partial charge in [0, 0.05) is 12.5 Å². The minimum atomic E-state index is -0.836. The van der Waals surface area contributed by atoms with Crippen molar-refractivity contribution < 1.29 is 14.7 Å². The van der Waals surface area contributed by atoms with Gasteiger partial charge < -0.3 is 10.0 Å². The molecule has 2 fully saturated rings. The van der Waals surface area contributed by atoms with E-state index >= 15 is 0 Å². The van der Waals surface area contributed by atoms with Crippen molar-refractivity contribution in [3.63, 3.8) is 0 Å². The van der Waals surface area contributed by atoms with Gasteiger partial charge in [-0.3, -0.25) is 4.79 Å². The molecule has 1 aromatic carbocycles. The van der Waals surface area contributed by atoms with Crippen molar-refractivity contribution >= 4 is 11.9 Å². The van der Waals surface area contributed by atoms with Crippen molar-refractivity contribution in [1.29, 1.82) is 0 Å². The molecule has 0 radical (unpaired) electrons. The third kappa shape index (κ3) is 3.57. The molecule has 4 nitrogen and oxygen atoms in total. The summed E-state index contributed by atoms with van der Waals surface area (Å²) in [5.41, 5.74) is 1.29. The smallest absolute Gasteiger partial charge is 0.326 e. The highest BCUT2D eigenvalue weighted by Gasteiger charge is 2.48. The number of rotatable bonds is 6. The van der Waals surface area contributed by atoms with E-state index in [0.717, 1.165) is 38.5 Å². The van der Waals surface area contributed by atoms with E-state index in [1.807, 2.05) is 18.2 Å². The number of carboxylic acid groups (broad SMARTS) is 1. The summed E-state index contributed by atoms with van der Waals surface area (Å²) in [4.78, 5) is 25.8. The van der Waals surface area contributed by atoms with Crippen LogP contribution in [0.2, 0.25) is 0 Å². The minimum Gasteiger partial charge on any atom is -0.480 e. The van der Waals surface area contributed by atoms with Crippen LogP contribution in [0.1, 0.15) is 50.5 Å². The fourth-order valence-electron chi connectivity index (χ4n) is 4.25. The number of hydrogen-bond acceptors (Lipinski definition) is 2. The lowest BCUT2D eigenvalue weighted by Gasteiger charge is -2.27. The Morgan fingerprint density at radius 2 is 1.91 bits per heavy atom. The fourth-order valence-corrected chi connectivity index (χ4v) is 4.25. The normalized spacial score (nSPS) is 26.3. The fraction of sp³-hybridized carbons (Fsp3) is 0.579. The number of carboxylic acids is 1. The summed E-state index contributed by atoms with van der Waals surface area (Å²) in [5, 5.41) is 9.41. The van der Waals surface area contributed by atoms with Crippen LogP contribution in [0.4, 0.5) is 0 Å². The zero-order valence-corrected chi connectivity index (χ0v) is 13.5. The minimum absolute atomic E-state index is 0.0415. The Balaban J connectivity index is 1.51. The number of carbonyl (C=O) groups is 2. The summed E-state index contributed by atoms with van der Waals surface area (Å²) < 4.78 is 0. The lowest BCUT2D eigenvalue weighted by Crippen LogP contribution is -2.44. The molecule has 1 heterocycles. The second kappa shape index (κ2) is 7.16. The molecule has 1 N–H and O–H groups in total. The summed E-state index contributed by atoms with van der Waals surface area (Å²) >= 11 is 0. The van der Waals surface area contributed by atoms with Crippen molar-refractivity contribution in [1.82, 2.24) is 4.90 Å². The van der Waals surface area contributed by atoms with Crippen molar-refractivity contribution in [2.45, 2.75) is 63.5 Å². The van der Waals surface area contributed by atoms with Crippen LogP contribution in [0.15, 0.2) is 30.3 Å². The van der Waals surface area contributed by atoms with Crippen LogP contribution in [0, 0.1) is 5.92 Å². The Hall–Kier alpha value is -1.84. The van der Waals surface area contributed by atoms with Gasteiger partial charge in [0.25, 0.3) is 0 Å². The van der Waals surface area contributed by atoms with E-state index in [1.54, 1.807) is 4.90 Å². The summed E-state index contributed by atoms with van der Waals surface area (Å²) in [6.45, 7) is 0. The number of carbonyl (C=O) groups excluding carboxylic acids is 1. The first-order valence-corrected chi connectivity index (χ1v) is 8.74. The molecule has 3 rings (SSSR count). The first-order valence-electron chi connectivity index (χ1n) is 8.74. The predicted molar refractivity (Wildman–Crippen MR) is 88.0 cm³/mol. The molecular formula is C19H25NO3. The summed E-state index contributed by atoms with van der Waals surface area (Å²) in [6, 6.07) is 9.86. The molecule has 0 aromatic heterocycles. The molecule has 124 valence electrons. The Morgan fingerprint density at radius 1 is 1.13 bits per heavy atom. The highest BCUT2D eigenvalue weighted by molar-refractivity contribution is 5.84. The highest BCUT2D eigenvalue weighted by Crippen LogP contribution is 2.41. The number of nitrogens with zero attached hydrogens (tertiary/aromatic N) is 1. The Morgan fingerprint density at radius 3 is 2.65 bits per heavy atom. The lowest BCUT2D eigenvalue weighted by molar-refractivity contribution is -0.149. The number of fused-ring (bicyclic) bond motifs is 1. The average Bonchev–Trinajstić information content (AvgIpc) is 3.13. The third-order valence-corrected chi connectivity index (χ3v) is 5.36. The van der Waals surface area contributed by atoms with Crippen molar-refractivity contribution in [2.24, 2.45) is 5.92 Å². The van der Waals surface area contributed by atoms with Crippen LogP contribution >= 0.6 is 0 Å². The molecule has 4 heteroatoms. The number of unbranched alkanes of at least 4 members (excludes halogenated alkanes) is 1. The molecule has 1 saturated heterocycles. The molecule has 2 aliphatic rings. The molecule has 1 amide bonds. The molecule has 1 aliphatic carbocycles. The average molecular weight is 315 g/mol. The molecule has 23 heavy (non-hydrogen) atoms. The first kappa shape index (κ1) is 16.0. The Bertz CT molecular complexity index is 557. The molecule has 0 spiro atoms. The third-order valence-electron chi connectivity index (χ3n) is 5.36. The lowest BCUT2D eigenvalue weighted by atomic mass is 10.0. The van der Waals surface area contributed by atoms with Gasteiger partial charge in [-0.25, -0.2) is 4.79 Å². The monoisotopic (exact) mass is 315 g/mol. The van der Waals surface area contributed by atoms with Crippen molar-refractivity contribution in [3.05, 3.63) is 35.9 Å². The molecule has 0 unspecified atom stereocenters. The molecule has 3 atom stereocenters. The van der Waals surface area contributed by atoms with Crippen molar-refractivity contribution in [3.8, 4) is 0 Å². The molecule has 0 bridgehead atoms. The van der Waals surface area contributed by atoms with Gasteiger partial charge in [-0.2, -0.15) is 0 Å². The summed E-state index contributed by atoms with van der Waals surface area (Å²) in [5.74, 6) is -0.388. The quantitative estimate of drug-likeness (QED) is 0.820. The van der Waals surface area contributed by atoms with E-state index < -0.39 is 12.0 Å². The number of aliphatic carboxylic acids is 1. The second-order valence-corrected chi connectivity index (χ2v) is 6.84. The number of likely N-dealkylation sites (tertiary alicyclic amines) is 1. The van der Waals surface area contributed by atoms with Gasteiger partial charge in [0.1, 0.15) is 6.04 Å². The number of benzene rings is 1. The number of amides is 1. The predicted octanol–water partition coefficient (Wildman–Crippen LogP) is 3.25. The van der Waals surface area contributed by atoms with Gasteiger partial charge in [-0.1, -0.05) is 36.8 Å². The van der Waals surface area contributed by atoms with E-state index in [4.69, 9.17) is 0 Å². The highest BCUT2D eigenvalue weighted by atomic mass is 16.4. The summed E-state index contributed by atoms with van der Waals surface area (Å²) in [6.07, 6.45) is 7.07. The van der Waals surface area contributed by atoms with E-state index in [9.17, 15) is 14.7 Å². The Kier molecular flexibility index (Phi) is 4.99.